The van der Waals surface area contributed by atoms with Gasteiger partial charge in [-0.1, -0.05) is 56.9 Å². The van der Waals surface area contributed by atoms with Crippen molar-refractivity contribution in [3.05, 3.63) is 42.0 Å². The van der Waals surface area contributed by atoms with Crippen molar-refractivity contribution in [2.75, 3.05) is 6.61 Å². The summed E-state index contributed by atoms with van der Waals surface area (Å²) in [4.78, 5) is 0. The minimum Gasteiger partial charge on any atom is -0.494 e. The average molecular weight is 339 g/mol. The summed E-state index contributed by atoms with van der Waals surface area (Å²) in [5, 5.41) is 1.22. The molecule has 0 unspecified atom stereocenters. The highest BCUT2D eigenvalue weighted by Crippen LogP contribution is 2.35. The smallest absolute Gasteiger partial charge is 0.407 e. The zero-order valence-corrected chi connectivity index (χ0v) is 13.9. The number of rotatable bonds is 8. The van der Waals surface area contributed by atoms with Crippen molar-refractivity contribution < 1.29 is 17.9 Å². The van der Waals surface area contributed by atoms with Gasteiger partial charge in [0, 0.05) is 0 Å². The highest BCUT2D eigenvalue weighted by atomic mass is 19.4. The van der Waals surface area contributed by atoms with Crippen LogP contribution >= 0.6 is 0 Å². The van der Waals surface area contributed by atoms with Crippen LogP contribution in [-0.4, -0.2) is 12.8 Å². The maximum absolute atomic E-state index is 12.9. The van der Waals surface area contributed by atoms with Crippen LogP contribution in [0.1, 0.15) is 50.6 Å². The molecule has 0 aromatic heterocycles. The van der Waals surface area contributed by atoms with Crippen LogP contribution in [0.5, 0.6) is 5.75 Å². The molecule has 132 valence electrons. The van der Waals surface area contributed by atoms with E-state index in [9.17, 15) is 13.2 Å². The van der Waals surface area contributed by atoms with E-state index in [1.807, 2.05) is 0 Å². The van der Waals surface area contributed by atoms with Gasteiger partial charge < -0.3 is 10.5 Å². The van der Waals surface area contributed by atoms with Gasteiger partial charge in [-0.15, -0.1) is 0 Å². The first-order valence-corrected chi connectivity index (χ1v) is 8.41. The first kappa shape index (κ1) is 18.6. The molecule has 24 heavy (non-hydrogen) atoms. The molecule has 1 atom stereocenters. The molecule has 2 aromatic carbocycles. The monoisotopic (exact) mass is 339 g/mol. The van der Waals surface area contributed by atoms with Crippen LogP contribution in [0.3, 0.4) is 0 Å². The molecule has 0 saturated heterocycles. The number of unbranched alkanes of at least 4 members (excludes halogenated alkanes) is 4. The number of fused-ring (bicyclic) bond motifs is 1. The van der Waals surface area contributed by atoms with Crippen LogP contribution < -0.4 is 10.5 Å². The third kappa shape index (κ3) is 4.87. The van der Waals surface area contributed by atoms with E-state index in [1.165, 1.54) is 25.3 Å². The fourth-order valence-electron chi connectivity index (χ4n) is 2.72. The molecule has 0 bridgehead atoms. The van der Waals surface area contributed by atoms with E-state index in [0.717, 1.165) is 12.8 Å². The Morgan fingerprint density at radius 2 is 1.79 bits per heavy atom. The molecule has 0 radical (unpaired) electrons. The number of benzene rings is 2. The first-order valence-electron chi connectivity index (χ1n) is 8.41. The number of ether oxygens (including phenoxy) is 1. The topological polar surface area (TPSA) is 35.2 Å². The number of halogens is 3. The van der Waals surface area contributed by atoms with Gasteiger partial charge in [-0.3, -0.25) is 0 Å². The summed E-state index contributed by atoms with van der Waals surface area (Å²) in [5.74, 6) is 0.677. The van der Waals surface area contributed by atoms with Crippen molar-refractivity contribution in [1.29, 1.82) is 0 Å². The molecule has 0 fully saturated rings. The Hall–Kier alpha value is -1.75. The molecule has 0 aliphatic carbocycles. The third-order valence-electron chi connectivity index (χ3n) is 4.09. The molecule has 2 N–H and O–H groups in total. The van der Waals surface area contributed by atoms with E-state index in [2.05, 4.69) is 6.92 Å². The molecule has 0 amide bonds. The number of hydrogen-bond acceptors (Lipinski definition) is 2. The SMILES string of the molecule is CCCCCCCOc1ccc2c([C@H](N)C(F)(F)F)cccc2c1. The molecule has 0 heterocycles. The lowest BCUT2D eigenvalue weighted by Gasteiger charge is -2.18. The Morgan fingerprint density at radius 3 is 2.50 bits per heavy atom. The lowest BCUT2D eigenvalue weighted by atomic mass is 9.99. The summed E-state index contributed by atoms with van der Waals surface area (Å²) >= 11 is 0. The lowest BCUT2D eigenvalue weighted by Crippen LogP contribution is -2.28. The highest BCUT2D eigenvalue weighted by molar-refractivity contribution is 5.87. The zero-order valence-electron chi connectivity index (χ0n) is 13.9. The van der Waals surface area contributed by atoms with Crippen LogP contribution in [0.2, 0.25) is 0 Å². The maximum atomic E-state index is 12.9. The first-order chi connectivity index (χ1) is 11.4. The predicted octanol–water partition coefficient (Wildman–Crippen LogP) is 5.75. The molecule has 0 saturated carbocycles. The maximum Gasteiger partial charge on any atom is 0.407 e. The normalized spacial score (nSPS) is 13.2. The van der Waals surface area contributed by atoms with E-state index in [0.29, 0.717) is 23.1 Å². The predicted molar refractivity (Wildman–Crippen MR) is 91.2 cm³/mol. The van der Waals surface area contributed by atoms with Crippen molar-refractivity contribution in [2.45, 2.75) is 51.2 Å². The third-order valence-corrected chi connectivity index (χ3v) is 4.09. The summed E-state index contributed by atoms with van der Waals surface area (Å²) in [7, 11) is 0. The summed E-state index contributed by atoms with van der Waals surface area (Å²) in [5.41, 5.74) is 5.45. The summed E-state index contributed by atoms with van der Waals surface area (Å²) in [6.45, 7) is 2.79. The lowest BCUT2D eigenvalue weighted by molar-refractivity contribution is -0.148. The molecule has 2 rings (SSSR count). The van der Waals surface area contributed by atoms with E-state index in [4.69, 9.17) is 10.5 Å². The van der Waals surface area contributed by atoms with Gasteiger partial charge in [-0.2, -0.15) is 13.2 Å². The Labute approximate surface area is 140 Å². The van der Waals surface area contributed by atoms with Crippen molar-refractivity contribution in [1.82, 2.24) is 0 Å². The Balaban J connectivity index is 2.06. The summed E-state index contributed by atoms with van der Waals surface area (Å²) < 4.78 is 44.4. The fourth-order valence-corrected chi connectivity index (χ4v) is 2.72. The summed E-state index contributed by atoms with van der Waals surface area (Å²) in [6, 6.07) is 7.95. The van der Waals surface area contributed by atoms with E-state index >= 15 is 0 Å². The van der Waals surface area contributed by atoms with E-state index < -0.39 is 12.2 Å². The van der Waals surface area contributed by atoms with Crippen LogP contribution in [0.15, 0.2) is 36.4 Å². The van der Waals surface area contributed by atoms with Gasteiger partial charge in [0.25, 0.3) is 0 Å². The highest BCUT2D eigenvalue weighted by Gasteiger charge is 2.38. The molecule has 5 heteroatoms. The van der Waals surface area contributed by atoms with Gasteiger partial charge in [0.05, 0.1) is 6.61 Å². The van der Waals surface area contributed by atoms with Crippen molar-refractivity contribution in [3.8, 4) is 5.75 Å². The van der Waals surface area contributed by atoms with Gasteiger partial charge in [0.2, 0.25) is 0 Å². The van der Waals surface area contributed by atoms with Gasteiger partial charge in [0.15, 0.2) is 0 Å². The minimum atomic E-state index is -4.46. The molecule has 0 aliphatic rings. The Kier molecular flexibility index (Phi) is 6.49. The van der Waals surface area contributed by atoms with Gasteiger partial charge in [-0.25, -0.2) is 0 Å². The molecule has 2 nitrogen and oxygen atoms in total. The van der Waals surface area contributed by atoms with Gasteiger partial charge in [0.1, 0.15) is 11.8 Å². The zero-order chi connectivity index (χ0) is 17.6. The van der Waals surface area contributed by atoms with Crippen LogP contribution in [-0.2, 0) is 0 Å². The molecular weight excluding hydrogens is 315 g/mol. The second-order valence-corrected chi connectivity index (χ2v) is 6.01. The van der Waals surface area contributed by atoms with E-state index in [-0.39, 0.29) is 5.56 Å². The molecule has 2 aromatic rings. The largest absolute Gasteiger partial charge is 0.494 e. The van der Waals surface area contributed by atoms with Gasteiger partial charge >= 0.3 is 6.18 Å². The second-order valence-electron chi connectivity index (χ2n) is 6.01. The van der Waals surface area contributed by atoms with Gasteiger partial charge in [-0.05, 0) is 34.9 Å². The van der Waals surface area contributed by atoms with Crippen molar-refractivity contribution in [2.24, 2.45) is 5.73 Å². The Bertz CT molecular complexity index is 655. The standard InChI is InChI=1S/C19H24F3NO/c1-2-3-4-5-6-12-24-15-10-11-16-14(13-15)8-7-9-17(16)18(23)19(20,21)22/h7-11,13,18H,2-6,12,23H2,1H3/t18-/m0/s1. The molecule has 0 spiro atoms. The van der Waals surface area contributed by atoms with Crippen LogP contribution in [0.4, 0.5) is 13.2 Å². The fraction of sp³-hybridized carbons (Fsp3) is 0.474. The molecule has 0 aliphatic heterocycles. The van der Waals surface area contributed by atoms with E-state index in [1.54, 1.807) is 30.3 Å². The van der Waals surface area contributed by atoms with Crippen molar-refractivity contribution in [3.63, 3.8) is 0 Å². The summed E-state index contributed by atoms with van der Waals surface area (Å²) in [6.07, 6.45) is 1.30. The number of hydrogen-bond donors (Lipinski definition) is 1. The Morgan fingerprint density at radius 1 is 1.04 bits per heavy atom. The second kappa shape index (κ2) is 8.38. The quantitative estimate of drug-likeness (QED) is 0.621. The van der Waals surface area contributed by atoms with Crippen LogP contribution in [0, 0.1) is 0 Å². The average Bonchev–Trinajstić information content (AvgIpc) is 2.55. The minimum absolute atomic E-state index is 0.0890. The number of nitrogens with two attached hydrogens (primary N) is 1. The molecular formula is C19H24F3NO. The van der Waals surface area contributed by atoms with Crippen molar-refractivity contribution >= 4 is 10.8 Å². The van der Waals surface area contributed by atoms with Crippen LogP contribution in [0.25, 0.3) is 10.8 Å². The number of alkyl halides is 3.